The number of hydrogen-bond acceptors (Lipinski definition) is 5. The first-order chi connectivity index (χ1) is 15.8. The molecule has 0 aliphatic heterocycles. The fraction of sp³-hybridized carbons (Fsp3) is 0.348. The Labute approximate surface area is 201 Å². The quantitative estimate of drug-likeness (QED) is 0.495. The van der Waals surface area contributed by atoms with Gasteiger partial charge in [0.15, 0.2) is 13.2 Å². The van der Waals surface area contributed by atoms with Gasteiger partial charge in [0.25, 0.3) is 17.7 Å². The molecule has 0 atom stereocenters. The molecule has 0 radical (unpaired) electrons. The van der Waals surface area contributed by atoms with Crippen LogP contribution in [-0.2, 0) is 9.59 Å². The highest BCUT2D eigenvalue weighted by Gasteiger charge is 2.24. The SMILES string of the molecule is NC(=O)c1cc(Cl)ccc1OCC(=O)NC1CCC(NC(=O)COc2ccc(Cl)cc2)CC1. The van der Waals surface area contributed by atoms with E-state index >= 15 is 0 Å². The summed E-state index contributed by atoms with van der Waals surface area (Å²) in [6.45, 7) is -0.325. The van der Waals surface area contributed by atoms with Crippen LogP contribution in [0.1, 0.15) is 36.0 Å². The highest BCUT2D eigenvalue weighted by Crippen LogP contribution is 2.23. The number of nitrogens with two attached hydrogens (primary N) is 1. The number of rotatable bonds is 9. The standard InChI is InChI=1S/C23H25Cl2N3O5/c24-14-1-8-18(9-2-14)32-12-21(29)27-16-4-6-17(7-5-16)28-22(30)13-33-20-10-3-15(25)11-19(20)23(26)31/h1-3,8-11,16-17H,4-7,12-13H2,(H2,26,31)(H,27,29)(H,28,30). The van der Waals surface area contributed by atoms with Gasteiger partial charge < -0.3 is 25.8 Å². The normalized spacial score (nSPS) is 17.6. The van der Waals surface area contributed by atoms with E-state index < -0.39 is 5.91 Å². The summed E-state index contributed by atoms with van der Waals surface area (Å²) in [5.74, 6) is -0.408. The van der Waals surface area contributed by atoms with Crippen molar-refractivity contribution in [3.63, 3.8) is 0 Å². The van der Waals surface area contributed by atoms with E-state index in [4.69, 9.17) is 38.4 Å². The van der Waals surface area contributed by atoms with Gasteiger partial charge in [-0.25, -0.2) is 0 Å². The number of hydrogen-bond donors (Lipinski definition) is 3. The van der Waals surface area contributed by atoms with Gasteiger partial charge in [0.1, 0.15) is 11.5 Å². The van der Waals surface area contributed by atoms with Crippen LogP contribution in [0.2, 0.25) is 10.0 Å². The number of amides is 3. The summed E-state index contributed by atoms with van der Waals surface area (Å²) in [6, 6.07) is 11.3. The minimum atomic E-state index is -0.688. The van der Waals surface area contributed by atoms with Crippen LogP contribution in [0, 0.1) is 0 Å². The first-order valence-corrected chi connectivity index (χ1v) is 11.2. The highest BCUT2D eigenvalue weighted by molar-refractivity contribution is 6.31. The zero-order valence-corrected chi connectivity index (χ0v) is 19.3. The number of primary amides is 1. The lowest BCUT2D eigenvalue weighted by Crippen LogP contribution is -2.45. The van der Waals surface area contributed by atoms with Crippen molar-refractivity contribution in [2.24, 2.45) is 5.73 Å². The van der Waals surface area contributed by atoms with E-state index in [0.29, 0.717) is 15.8 Å². The number of carbonyl (C=O) groups excluding carboxylic acids is 3. The smallest absolute Gasteiger partial charge is 0.258 e. The molecule has 0 unspecified atom stereocenters. The van der Waals surface area contributed by atoms with Gasteiger partial charge in [0.2, 0.25) is 0 Å². The van der Waals surface area contributed by atoms with Crippen LogP contribution in [0.25, 0.3) is 0 Å². The summed E-state index contributed by atoms with van der Waals surface area (Å²) >= 11 is 11.7. The van der Waals surface area contributed by atoms with Crippen LogP contribution in [-0.4, -0.2) is 43.0 Å². The van der Waals surface area contributed by atoms with Gasteiger partial charge >= 0.3 is 0 Å². The maximum atomic E-state index is 12.3. The molecule has 0 heterocycles. The number of carbonyl (C=O) groups is 3. The van der Waals surface area contributed by atoms with Gasteiger partial charge in [-0.15, -0.1) is 0 Å². The van der Waals surface area contributed by atoms with Crippen LogP contribution in [0.5, 0.6) is 11.5 Å². The molecule has 0 aromatic heterocycles. The van der Waals surface area contributed by atoms with E-state index in [0.717, 1.165) is 25.7 Å². The fourth-order valence-corrected chi connectivity index (χ4v) is 3.86. The van der Waals surface area contributed by atoms with Gasteiger partial charge in [-0.05, 0) is 68.1 Å². The zero-order valence-electron chi connectivity index (χ0n) is 17.8. The summed E-state index contributed by atoms with van der Waals surface area (Å²) in [7, 11) is 0. The summed E-state index contributed by atoms with van der Waals surface area (Å²) in [5.41, 5.74) is 5.44. The third kappa shape index (κ3) is 7.83. The van der Waals surface area contributed by atoms with E-state index in [2.05, 4.69) is 10.6 Å². The molecule has 1 aliphatic carbocycles. The van der Waals surface area contributed by atoms with Crippen LogP contribution in [0.4, 0.5) is 0 Å². The largest absolute Gasteiger partial charge is 0.484 e. The molecule has 2 aromatic rings. The maximum Gasteiger partial charge on any atom is 0.258 e. The van der Waals surface area contributed by atoms with Crippen molar-refractivity contribution in [2.75, 3.05) is 13.2 Å². The lowest BCUT2D eigenvalue weighted by Gasteiger charge is -2.29. The second-order valence-electron chi connectivity index (χ2n) is 7.72. The number of ether oxygens (including phenoxy) is 2. The van der Waals surface area contributed by atoms with Gasteiger partial charge in [0, 0.05) is 22.1 Å². The van der Waals surface area contributed by atoms with Crippen LogP contribution >= 0.6 is 23.2 Å². The molecule has 10 heteroatoms. The molecular formula is C23H25Cl2N3O5. The van der Waals surface area contributed by atoms with Crippen molar-refractivity contribution in [1.82, 2.24) is 10.6 Å². The summed E-state index contributed by atoms with van der Waals surface area (Å²) in [5, 5.41) is 6.83. The predicted octanol–water partition coefficient (Wildman–Crippen LogP) is 3.09. The molecule has 0 bridgehead atoms. The van der Waals surface area contributed by atoms with E-state index in [1.807, 2.05) is 0 Å². The van der Waals surface area contributed by atoms with Crippen LogP contribution in [0.15, 0.2) is 42.5 Å². The summed E-state index contributed by atoms with van der Waals surface area (Å²) in [6.07, 6.45) is 2.92. The lowest BCUT2D eigenvalue weighted by atomic mass is 9.91. The molecule has 2 aromatic carbocycles. The fourth-order valence-electron chi connectivity index (χ4n) is 3.56. The van der Waals surface area contributed by atoms with Crippen LogP contribution in [0.3, 0.4) is 0 Å². The molecule has 0 spiro atoms. The van der Waals surface area contributed by atoms with Gasteiger partial charge in [0.05, 0.1) is 5.56 Å². The molecule has 4 N–H and O–H groups in total. The molecule has 3 rings (SSSR count). The van der Waals surface area contributed by atoms with E-state index in [-0.39, 0.29) is 48.4 Å². The second-order valence-corrected chi connectivity index (χ2v) is 8.59. The maximum absolute atomic E-state index is 12.3. The molecule has 1 fully saturated rings. The Kier molecular flexibility index (Phi) is 8.79. The lowest BCUT2D eigenvalue weighted by molar-refractivity contribution is -0.125. The van der Waals surface area contributed by atoms with Crippen molar-refractivity contribution in [3.05, 3.63) is 58.1 Å². The third-order valence-electron chi connectivity index (χ3n) is 5.21. The molecule has 0 saturated heterocycles. The average Bonchev–Trinajstić information content (AvgIpc) is 2.79. The number of halogens is 2. The van der Waals surface area contributed by atoms with Gasteiger partial charge in [-0.1, -0.05) is 23.2 Å². The van der Waals surface area contributed by atoms with Crippen molar-refractivity contribution < 1.29 is 23.9 Å². The summed E-state index contributed by atoms with van der Waals surface area (Å²) < 4.78 is 10.9. The Balaban J connectivity index is 1.36. The first kappa shape index (κ1) is 24.7. The monoisotopic (exact) mass is 493 g/mol. The molecule has 8 nitrogen and oxygen atoms in total. The van der Waals surface area contributed by atoms with E-state index in [1.165, 1.54) is 12.1 Å². The Bertz CT molecular complexity index is 992. The minimum Gasteiger partial charge on any atom is -0.484 e. The molecule has 176 valence electrons. The molecule has 3 amide bonds. The minimum absolute atomic E-state index is 0.0135. The van der Waals surface area contributed by atoms with Gasteiger partial charge in [-0.3, -0.25) is 14.4 Å². The molecular weight excluding hydrogens is 469 g/mol. The van der Waals surface area contributed by atoms with Crippen LogP contribution < -0.4 is 25.8 Å². The molecule has 1 aliphatic rings. The number of benzene rings is 2. The first-order valence-electron chi connectivity index (χ1n) is 10.5. The van der Waals surface area contributed by atoms with Crippen molar-refractivity contribution in [1.29, 1.82) is 0 Å². The molecule has 33 heavy (non-hydrogen) atoms. The Hall–Kier alpha value is -2.97. The Morgan fingerprint density at radius 3 is 1.88 bits per heavy atom. The van der Waals surface area contributed by atoms with Crippen molar-refractivity contribution in [3.8, 4) is 11.5 Å². The van der Waals surface area contributed by atoms with E-state index in [9.17, 15) is 14.4 Å². The second kappa shape index (κ2) is 11.8. The Morgan fingerprint density at radius 1 is 0.818 bits per heavy atom. The summed E-state index contributed by atoms with van der Waals surface area (Å²) in [4.78, 5) is 35.9. The average molecular weight is 494 g/mol. The number of nitrogens with one attached hydrogen (secondary N) is 2. The molecule has 1 saturated carbocycles. The topological polar surface area (TPSA) is 120 Å². The van der Waals surface area contributed by atoms with Crippen molar-refractivity contribution in [2.45, 2.75) is 37.8 Å². The predicted molar refractivity (Wildman–Crippen MR) is 125 cm³/mol. The van der Waals surface area contributed by atoms with Crippen molar-refractivity contribution >= 4 is 40.9 Å². The zero-order chi connectivity index (χ0) is 23.8. The Morgan fingerprint density at radius 2 is 1.33 bits per heavy atom. The van der Waals surface area contributed by atoms with E-state index in [1.54, 1.807) is 30.3 Å². The highest BCUT2D eigenvalue weighted by atomic mass is 35.5. The third-order valence-corrected chi connectivity index (χ3v) is 5.69. The van der Waals surface area contributed by atoms with Gasteiger partial charge in [-0.2, -0.15) is 0 Å².